The summed E-state index contributed by atoms with van der Waals surface area (Å²) in [7, 11) is 0. The van der Waals surface area contributed by atoms with E-state index >= 15 is 0 Å². The normalized spacial score (nSPS) is 25.6. The molecule has 6 nitrogen and oxygen atoms in total. The van der Waals surface area contributed by atoms with E-state index in [4.69, 9.17) is 9.47 Å². The fraction of sp³-hybridized carbons (Fsp3) is 0.579. The lowest BCUT2D eigenvalue weighted by atomic mass is 9.89. The van der Waals surface area contributed by atoms with Crippen molar-refractivity contribution in [1.29, 1.82) is 0 Å². The molecule has 1 amide bonds. The predicted octanol–water partition coefficient (Wildman–Crippen LogP) is 2.39. The molecule has 0 bridgehead atoms. The Bertz CT molecular complexity index is 640. The molecule has 0 radical (unpaired) electrons. The Kier molecular flexibility index (Phi) is 4.73. The molecule has 25 heavy (non-hydrogen) atoms. The molecule has 1 aromatic carbocycles. The third-order valence-corrected chi connectivity index (χ3v) is 5.25. The van der Waals surface area contributed by atoms with Crippen LogP contribution in [0.4, 0.5) is 0 Å². The molecule has 1 N–H and O–H groups in total. The number of aliphatic carboxylic acids is 1. The van der Waals surface area contributed by atoms with Gasteiger partial charge in [-0.15, -0.1) is 0 Å². The lowest BCUT2D eigenvalue weighted by molar-refractivity contribution is -0.166. The first kappa shape index (κ1) is 17.7. The highest BCUT2D eigenvalue weighted by Crippen LogP contribution is 2.33. The minimum absolute atomic E-state index is 0.0423. The number of piperidine rings is 1. The van der Waals surface area contributed by atoms with E-state index in [-0.39, 0.29) is 18.7 Å². The molecular weight excluding hydrogens is 322 g/mol. The largest absolute Gasteiger partial charge is 0.478 e. The van der Waals surface area contributed by atoms with Crippen molar-refractivity contribution in [2.45, 2.75) is 50.7 Å². The van der Waals surface area contributed by atoms with Crippen LogP contribution in [0.25, 0.3) is 0 Å². The highest BCUT2D eigenvalue weighted by molar-refractivity contribution is 5.86. The third kappa shape index (κ3) is 3.49. The Balaban J connectivity index is 1.69. The third-order valence-electron chi connectivity index (χ3n) is 5.25. The van der Waals surface area contributed by atoms with E-state index in [1.807, 2.05) is 26.0 Å². The molecule has 0 aliphatic carbocycles. The molecule has 0 spiro atoms. The van der Waals surface area contributed by atoms with Crippen LogP contribution in [0.1, 0.15) is 38.2 Å². The Morgan fingerprint density at radius 1 is 1.16 bits per heavy atom. The molecule has 0 aromatic heterocycles. The average Bonchev–Trinajstić information content (AvgIpc) is 3.05. The number of ether oxygens (including phenoxy) is 2. The minimum atomic E-state index is -1.29. The minimum Gasteiger partial charge on any atom is -0.478 e. The molecule has 2 fully saturated rings. The zero-order valence-electron chi connectivity index (χ0n) is 14.8. The fourth-order valence-corrected chi connectivity index (χ4v) is 3.54. The fourth-order valence-electron chi connectivity index (χ4n) is 3.54. The van der Waals surface area contributed by atoms with Crippen molar-refractivity contribution in [3.05, 3.63) is 29.8 Å². The smallest absolute Gasteiger partial charge is 0.348 e. The highest BCUT2D eigenvalue weighted by Gasteiger charge is 2.48. The van der Waals surface area contributed by atoms with Crippen LogP contribution >= 0.6 is 0 Å². The maximum Gasteiger partial charge on any atom is 0.348 e. The Hall–Kier alpha value is -2.08. The van der Waals surface area contributed by atoms with Crippen LogP contribution in [0.2, 0.25) is 0 Å². The molecule has 1 atom stereocenters. The summed E-state index contributed by atoms with van der Waals surface area (Å²) in [5.41, 5.74) is -0.966. The topological polar surface area (TPSA) is 76.1 Å². The summed E-state index contributed by atoms with van der Waals surface area (Å²) >= 11 is 0. The number of carbonyl (C=O) groups is 2. The van der Waals surface area contributed by atoms with Gasteiger partial charge in [0.25, 0.3) is 5.91 Å². The van der Waals surface area contributed by atoms with Gasteiger partial charge in [-0.3, -0.25) is 4.79 Å². The second-order valence-electron chi connectivity index (χ2n) is 7.19. The number of hydrogen-bond acceptors (Lipinski definition) is 4. The monoisotopic (exact) mass is 347 g/mol. The van der Waals surface area contributed by atoms with Gasteiger partial charge in [0, 0.05) is 32.5 Å². The van der Waals surface area contributed by atoms with Gasteiger partial charge in [-0.05, 0) is 38.8 Å². The van der Waals surface area contributed by atoms with Crippen molar-refractivity contribution in [1.82, 2.24) is 4.90 Å². The zero-order valence-corrected chi connectivity index (χ0v) is 14.8. The molecule has 1 aromatic rings. The predicted molar refractivity (Wildman–Crippen MR) is 91.6 cm³/mol. The molecule has 0 saturated carbocycles. The van der Waals surface area contributed by atoms with E-state index in [0.717, 1.165) is 12.0 Å². The number of rotatable bonds is 4. The molecule has 6 heteroatoms. The van der Waals surface area contributed by atoms with Crippen LogP contribution in [-0.4, -0.2) is 52.8 Å². The van der Waals surface area contributed by atoms with E-state index in [9.17, 15) is 14.7 Å². The zero-order chi connectivity index (χ0) is 18.1. The van der Waals surface area contributed by atoms with E-state index in [1.165, 1.54) is 0 Å². The molecule has 2 heterocycles. The number of likely N-dealkylation sites (tertiary alicyclic amines) is 1. The van der Waals surface area contributed by atoms with E-state index < -0.39 is 17.2 Å². The van der Waals surface area contributed by atoms with E-state index in [1.54, 1.807) is 17.0 Å². The summed E-state index contributed by atoms with van der Waals surface area (Å²) in [4.78, 5) is 26.3. The second-order valence-corrected chi connectivity index (χ2v) is 7.19. The number of hydrogen-bond donors (Lipinski definition) is 1. The average molecular weight is 347 g/mol. The SMILES string of the molecule is Cc1ccc(OC2(C(=O)O)CCN(C(=O)[C@@]3(C)CCCO3)CC2)cc1. The summed E-state index contributed by atoms with van der Waals surface area (Å²) in [6.07, 6.45) is 2.12. The number of aryl methyl sites for hydroxylation is 1. The number of carboxylic acid groups (broad SMARTS) is 1. The number of nitrogens with zero attached hydrogens (tertiary/aromatic N) is 1. The molecule has 3 rings (SSSR count). The number of benzene rings is 1. The van der Waals surface area contributed by atoms with Crippen LogP contribution in [0.3, 0.4) is 0 Å². The van der Waals surface area contributed by atoms with Crippen LogP contribution in [-0.2, 0) is 14.3 Å². The van der Waals surface area contributed by atoms with Gasteiger partial charge >= 0.3 is 5.97 Å². The molecule has 2 aliphatic rings. The maximum atomic E-state index is 12.7. The van der Waals surface area contributed by atoms with Gasteiger partial charge in [0.1, 0.15) is 11.4 Å². The molecule has 136 valence electrons. The van der Waals surface area contributed by atoms with Crippen molar-refractivity contribution in [3.63, 3.8) is 0 Å². The Morgan fingerprint density at radius 3 is 2.32 bits per heavy atom. The summed E-state index contributed by atoms with van der Waals surface area (Å²) in [6.45, 7) is 5.11. The first-order valence-electron chi connectivity index (χ1n) is 8.77. The van der Waals surface area contributed by atoms with Gasteiger partial charge in [0.15, 0.2) is 0 Å². The number of carbonyl (C=O) groups excluding carboxylic acids is 1. The number of amides is 1. The van der Waals surface area contributed by atoms with Crippen LogP contribution in [0, 0.1) is 6.92 Å². The van der Waals surface area contributed by atoms with Gasteiger partial charge in [-0.25, -0.2) is 4.79 Å². The van der Waals surface area contributed by atoms with Gasteiger partial charge in [-0.1, -0.05) is 17.7 Å². The van der Waals surface area contributed by atoms with Gasteiger partial charge in [-0.2, -0.15) is 0 Å². The molecule has 0 unspecified atom stereocenters. The first-order valence-corrected chi connectivity index (χ1v) is 8.77. The summed E-state index contributed by atoms with van der Waals surface area (Å²) < 4.78 is 11.5. The quantitative estimate of drug-likeness (QED) is 0.905. The lowest BCUT2D eigenvalue weighted by Crippen LogP contribution is -2.57. The van der Waals surface area contributed by atoms with Crippen molar-refractivity contribution in [2.24, 2.45) is 0 Å². The van der Waals surface area contributed by atoms with Crippen LogP contribution in [0.5, 0.6) is 5.75 Å². The van der Waals surface area contributed by atoms with Gasteiger partial charge < -0.3 is 19.5 Å². The van der Waals surface area contributed by atoms with Crippen LogP contribution in [0.15, 0.2) is 24.3 Å². The van der Waals surface area contributed by atoms with E-state index in [0.29, 0.717) is 31.9 Å². The Labute approximate surface area is 147 Å². The standard InChI is InChI=1S/C19H25NO5/c1-14-4-6-15(7-5-14)25-19(17(22)23)9-11-20(12-10-19)16(21)18(2)8-3-13-24-18/h4-7H,3,8-13H2,1-2H3,(H,22,23)/t18-/m1/s1. The van der Waals surface area contributed by atoms with Crippen molar-refractivity contribution in [2.75, 3.05) is 19.7 Å². The highest BCUT2D eigenvalue weighted by atomic mass is 16.5. The van der Waals surface area contributed by atoms with Crippen molar-refractivity contribution in [3.8, 4) is 5.75 Å². The summed E-state index contributed by atoms with van der Waals surface area (Å²) in [5, 5.41) is 9.74. The molecular formula is C19H25NO5. The maximum absolute atomic E-state index is 12.7. The Morgan fingerprint density at radius 2 is 1.80 bits per heavy atom. The van der Waals surface area contributed by atoms with E-state index in [2.05, 4.69) is 0 Å². The summed E-state index contributed by atoms with van der Waals surface area (Å²) in [6, 6.07) is 7.35. The second kappa shape index (κ2) is 6.67. The number of carboxylic acids is 1. The van der Waals surface area contributed by atoms with Crippen LogP contribution < -0.4 is 4.74 Å². The van der Waals surface area contributed by atoms with Gasteiger partial charge in [0.2, 0.25) is 5.60 Å². The molecule has 2 aliphatic heterocycles. The lowest BCUT2D eigenvalue weighted by Gasteiger charge is -2.41. The van der Waals surface area contributed by atoms with Gasteiger partial charge in [0.05, 0.1) is 0 Å². The van der Waals surface area contributed by atoms with Crippen molar-refractivity contribution >= 4 is 11.9 Å². The first-order chi connectivity index (χ1) is 11.8. The van der Waals surface area contributed by atoms with Crippen molar-refractivity contribution < 1.29 is 24.2 Å². The summed E-state index contributed by atoms with van der Waals surface area (Å²) in [5.74, 6) is -0.485. The molecule has 2 saturated heterocycles.